The third-order valence-electron chi connectivity index (χ3n) is 3.91. The van der Waals surface area contributed by atoms with Gasteiger partial charge in [0.05, 0.1) is 34.9 Å². The third kappa shape index (κ3) is 3.37. The van der Waals surface area contributed by atoms with Crippen LogP contribution in [0.4, 0.5) is 4.39 Å². The summed E-state index contributed by atoms with van der Waals surface area (Å²) in [6.07, 6.45) is 2.76. The van der Waals surface area contributed by atoms with Gasteiger partial charge in [0.15, 0.2) is 0 Å². The van der Waals surface area contributed by atoms with Crippen LogP contribution < -0.4 is 0 Å². The van der Waals surface area contributed by atoms with Crippen molar-refractivity contribution in [1.82, 2.24) is 14.9 Å². The van der Waals surface area contributed by atoms with Crippen molar-refractivity contribution in [3.8, 4) is 0 Å². The first-order chi connectivity index (χ1) is 11.4. The first kappa shape index (κ1) is 16.7. The second-order valence-electron chi connectivity index (χ2n) is 6.52. The highest BCUT2D eigenvalue weighted by Crippen LogP contribution is 2.24. The SMILES string of the molecule is COC[C@@H]1CN(C(=O)c2cc3nccnc3cc2F)CC(C)(C)O1. The summed E-state index contributed by atoms with van der Waals surface area (Å²) < 4.78 is 25.4. The van der Waals surface area contributed by atoms with E-state index in [9.17, 15) is 9.18 Å². The van der Waals surface area contributed by atoms with Crippen molar-refractivity contribution < 1.29 is 18.7 Å². The van der Waals surface area contributed by atoms with E-state index in [0.717, 1.165) is 0 Å². The minimum Gasteiger partial charge on any atom is -0.382 e. The van der Waals surface area contributed by atoms with Crippen LogP contribution in [0.5, 0.6) is 0 Å². The number of fused-ring (bicyclic) bond motifs is 1. The minimum absolute atomic E-state index is 0.00290. The van der Waals surface area contributed by atoms with E-state index in [1.165, 1.54) is 24.5 Å². The summed E-state index contributed by atoms with van der Waals surface area (Å²) in [6.45, 7) is 4.91. The van der Waals surface area contributed by atoms with Crippen molar-refractivity contribution in [2.75, 3.05) is 26.8 Å². The number of benzene rings is 1. The van der Waals surface area contributed by atoms with E-state index in [1.807, 2.05) is 13.8 Å². The Hall–Kier alpha value is -2.12. The number of halogens is 1. The van der Waals surface area contributed by atoms with E-state index in [2.05, 4.69) is 9.97 Å². The fraction of sp³-hybridized carbons (Fsp3) is 0.471. The van der Waals surface area contributed by atoms with Crippen LogP contribution in [0.1, 0.15) is 24.2 Å². The number of hydrogen-bond donors (Lipinski definition) is 0. The molecule has 0 N–H and O–H groups in total. The molecule has 1 atom stereocenters. The molecule has 2 heterocycles. The van der Waals surface area contributed by atoms with Crippen molar-refractivity contribution in [1.29, 1.82) is 0 Å². The summed E-state index contributed by atoms with van der Waals surface area (Å²) >= 11 is 0. The lowest BCUT2D eigenvalue weighted by Crippen LogP contribution is -2.55. The molecule has 0 saturated carbocycles. The Morgan fingerprint density at radius 3 is 2.71 bits per heavy atom. The second kappa shape index (κ2) is 6.41. The Morgan fingerprint density at radius 2 is 2.04 bits per heavy atom. The molecule has 0 bridgehead atoms. The number of rotatable bonds is 3. The number of morpholine rings is 1. The predicted octanol–water partition coefficient (Wildman–Crippen LogP) is 2.03. The van der Waals surface area contributed by atoms with E-state index in [0.29, 0.717) is 30.7 Å². The zero-order chi connectivity index (χ0) is 17.3. The Morgan fingerprint density at radius 1 is 1.38 bits per heavy atom. The highest BCUT2D eigenvalue weighted by Gasteiger charge is 2.36. The Balaban J connectivity index is 1.91. The molecule has 2 aromatic rings. The summed E-state index contributed by atoms with van der Waals surface area (Å²) in [5.41, 5.74) is 0.385. The standard InChI is InChI=1S/C17H20FN3O3/c1-17(2)10-21(8-11(24-17)9-23-3)16(22)12-6-14-15(7-13(12)18)20-5-4-19-14/h4-7,11H,8-10H2,1-3H3/t11-/m0/s1. The lowest BCUT2D eigenvalue weighted by Gasteiger charge is -2.42. The monoisotopic (exact) mass is 333 g/mol. The molecule has 1 saturated heterocycles. The van der Waals surface area contributed by atoms with Gasteiger partial charge in [-0.05, 0) is 19.9 Å². The molecule has 7 heteroatoms. The molecule has 0 radical (unpaired) electrons. The molecule has 0 unspecified atom stereocenters. The molecule has 6 nitrogen and oxygen atoms in total. The molecule has 1 aromatic carbocycles. The molecule has 0 spiro atoms. The van der Waals surface area contributed by atoms with Crippen molar-refractivity contribution in [3.63, 3.8) is 0 Å². The summed E-state index contributed by atoms with van der Waals surface area (Å²) in [5.74, 6) is -0.974. The number of ether oxygens (including phenoxy) is 2. The molecular weight excluding hydrogens is 313 g/mol. The lowest BCUT2D eigenvalue weighted by molar-refractivity contribution is -0.143. The molecule has 24 heavy (non-hydrogen) atoms. The first-order valence-corrected chi connectivity index (χ1v) is 7.76. The van der Waals surface area contributed by atoms with E-state index in [1.54, 1.807) is 12.0 Å². The Labute approximate surface area is 139 Å². The van der Waals surface area contributed by atoms with Gasteiger partial charge in [-0.15, -0.1) is 0 Å². The maximum Gasteiger partial charge on any atom is 0.257 e. The lowest BCUT2D eigenvalue weighted by atomic mass is 10.0. The number of carbonyl (C=O) groups is 1. The van der Waals surface area contributed by atoms with Crippen LogP contribution in [0.15, 0.2) is 24.5 Å². The van der Waals surface area contributed by atoms with E-state index < -0.39 is 11.4 Å². The second-order valence-corrected chi connectivity index (χ2v) is 6.52. The molecular formula is C17H20FN3O3. The average molecular weight is 333 g/mol. The summed E-state index contributed by atoms with van der Waals surface area (Å²) in [7, 11) is 1.58. The van der Waals surface area contributed by atoms with Gasteiger partial charge in [0.25, 0.3) is 5.91 Å². The topological polar surface area (TPSA) is 64.5 Å². The number of hydrogen-bond acceptors (Lipinski definition) is 5. The van der Waals surface area contributed by atoms with Gasteiger partial charge >= 0.3 is 0 Å². The normalized spacial score (nSPS) is 20.3. The number of amides is 1. The fourth-order valence-corrected chi connectivity index (χ4v) is 3.04. The molecule has 3 rings (SSSR count). The highest BCUT2D eigenvalue weighted by molar-refractivity contribution is 5.97. The van der Waals surface area contributed by atoms with Crippen molar-refractivity contribution in [2.24, 2.45) is 0 Å². The van der Waals surface area contributed by atoms with Crippen LogP contribution in [-0.2, 0) is 9.47 Å². The summed E-state index contributed by atoms with van der Waals surface area (Å²) in [5, 5.41) is 0. The maximum atomic E-state index is 14.4. The first-order valence-electron chi connectivity index (χ1n) is 7.76. The van der Waals surface area contributed by atoms with Gasteiger partial charge in [0.1, 0.15) is 5.82 Å². The number of aromatic nitrogens is 2. The molecule has 1 aliphatic rings. The van der Waals surface area contributed by atoms with Crippen LogP contribution in [0.3, 0.4) is 0 Å². The minimum atomic E-state index is -0.597. The van der Waals surface area contributed by atoms with Crippen LogP contribution >= 0.6 is 0 Å². The van der Waals surface area contributed by atoms with Crippen molar-refractivity contribution in [2.45, 2.75) is 25.6 Å². The van der Waals surface area contributed by atoms with Gasteiger partial charge in [-0.2, -0.15) is 0 Å². The molecule has 1 aliphatic heterocycles. The Bertz CT molecular complexity index is 766. The zero-order valence-electron chi connectivity index (χ0n) is 14.0. The number of nitrogens with zero attached hydrogens (tertiary/aromatic N) is 3. The largest absolute Gasteiger partial charge is 0.382 e. The van der Waals surface area contributed by atoms with Gasteiger partial charge in [-0.3, -0.25) is 14.8 Å². The Kier molecular flexibility index (Phi) is 4.47. The van der Waals surface area contributed by atoms with Crippen LogP contribution in [0.2, 0.25) is 0 Å². The summed E-state index contributed by atoms with van der Waals surface area (Å²) in [6, 6.07) is 2.70. The van der Waals surface area contributed by atoms with Crippen LogP contribution in [0, 0.1) is 5.82 Å². The fourth-order valence-electron chi connectivity index (χ4n) is 3.04. The highest BCUT2D eigenvalue weighted by atomic mass is 19.1. The van der Waals surface area contributed by atoms with Crippen molar-refractivity contribution in [3.05, 3.63) is 35.9 Å². The number of methoxy groups -OCH3 is 1. The van der Waals surface area contributed by atoms with Crippen LogP contribution in [-0.4, -0.2) is 59.3 Å². The van der Waals surface area contributed by atoms with E-state index in [-0.39, 0.29) is 17.6 Å². The van der Waals surface area contributed by atoms with Gasteiger partial charge in [0.2, 0.25) is 0 Å². The number of carbonyl (C=O) groups excluding carboxylic acids is 1. The van der Waals surface area contributed by atoms with Gasteiger partial charge in [-0.25, -0.2) is 4.39 Å². The van der Waals surface area contributed by atoms with Crippen LogP contribution in [0.25, 0.3) is 11.0 Å². The van der Waals surface area contributed by atoms with E-state index in [4.69, 9.17) is 9.47 Å². The summed E-state index contributed by atoms with van der Waals surface area (Å²) in [4.78, 5) is 22.6. The predicted molar refractivity (Wildman–Crippen MR) is 86.2 cm³/mol. The molecule has 1 fully saturated rings. The molecule has 1 aromatic heterocycles. The quantitative estimate of drug-likeness (QED) is 0.860. The smallest absolute Gasteiger partial charge is 0.257 e. The zero-order valence-corrected chi connectivity index (χ0v) is 14.0. The van der Waals surface area contributed by atoms with Crippen molar-refractivity contribution >= 4 is 16.9 Å². The molecule has 1 amide bonds. The molecule has 0 aliphatic carbocycles. The third-order valence-corrected chi connectivity index (χ3v) is 3.91. The van der Waals surface area contributed by atoms with Gasteiger partial charge < -0.3 is 14.4 Å². The molecule has 128 valence electrons. The van der Waals surface area contributed by atoms with E-state index >= 15 is 0 Å². The average Bonchev–Trinajstić information content (AvgIpc) is 2.52. The van der Waals surface area contributed by atoms with Gasteiger partial charge in [-0.1, -0.05) is 0 Å². The van der Waals surface area contributed by atoms with Gasteiger partial charge in [0, 0.05) is 38.7 Å². The maximum absolute atomic E-state index is 14.4.